The van der Waals surface area contributed by atoms with Crippen LogP contribution in [0.1, 0.15) is 16.8 Å². The van der Waals surface area contributed by atoms with Crippen LogP contribution in [0.5, 0.6) is 0 Å². The maximum Gasteiger partial charge on any atom is 0.326 e. The highest BCUT2D eigenvalue weighted by Gasteiger charge is 2.30. The van der Waals surface area contributed by atoms with Crippen LogP contribution in [0.4, 0.5) is 0 Å². The molecule has 4 atom stereocenters. The number of nitrogens with zero attached hydrogens (tertiary/aromatic N) is 1. The second-order valence-electron chi connectivity index (χ2n) is 8.97. The Labute approximate surface area is 231 Å². The second kappa shape index (κ2) is 14.7. The molecular weight excluding hydrogens is 520 g/mol. The van der Waals surface area contributed by atoms with Gasteiger partial charge in [-0.1, -0.05) is 60.7 Å². The van der Waals surface area contributed by atoms with Crippen LogP contribution < -0.4 is 21.7 Å². The van der Waals surface area contributed by atoms with Gasteiger partial charge in [0.05, 0.1) is 12.4 Å². The van der Waals surface area contributed by atoms with Crippen molar-refractivity contribution in [3.63, 3.8) is 0 Å². The zero-order valence-corrected chi connectivity index (χ0v) is 22.0. The van der Waals surface area contributed by atoms with Crippen molar-refractivity contribution in [2.24, 2.45) is 5.73 Å². The van der Waals surface area contributed by atoms with E-state index in [1.165, 1.54) is 12.5 Å². The smallest absolute Gasteiger partial charge is 0.326 e. The number of imidazole rings is 1. The molecule has 1 aromatic heterocycles. The van der Waals surface area contributed by atoms with Crippen molar-refractivity contribution in [1.29, 1.82) is 0 Å². The first-order valence-corrected chi connectivity index (χ1v) is 13.0. The Hall–Kier alpha value is -4.16. The maximum absolute atomic E-state index is 13.2. The van der Waals surface area contributed by atoms with Gasteiger partial charge in [0.25, 0.3) is 0 Å². The molecular formula is C27H32N6O5S. The number of carboxylic acid groups (broad SMARTS) is 1. The number of aliphatic carboxylic acids is 1. The molecule has 2 aromatic carbocycles. The minimum Gasteiger partial charge on any atom is -0.480 e. The van der Waals surface area contributed by atoms with Crippen LogP contribution in [0.3, 0.4) is 0 Å². The number of aromatic amines is 1. The summed E-state index contributed by atoms with van der Waals surface area (Å²) in [6, 6.07) is 13.7. The summed E-state index contributed by atoms with van der Waals surface area (Å²) in [6.07, 6.45) is 3.34. The Morgan fingerprint density at radius 1 is 0.795 bits per heavy atom. The summed E-state index contributed by atoms with van der Waals surface area (Å²) in [7, 11) is 0. The average molecular weight is 553 g/mol. The predicted octanol–water partition coefficient (Wildman–Crippen LogP) is 0.234. The lowest BCUT2D eigenvalue weighted by molar-refractivity contribution is -0.142. The Morgan fingerprint density at radius 3 is 1.87 bits per heavy atom. The minimum atomic E-state index is -1.21. The molecule has 11 nitrogen and oxygen atoms in total. The predicted molar refractivity (Wildman–Crippen MR) is 148 cm³/mol. The van der Waals surface area contributed by atoms with Crippen LogP contribution in [0.25, 0.3) is 0 Å². The third-order valence-corrected chi connectivity index (χ3v) is 6.33. The summed E-state index contributed by atoms with van der Waals surface area (Å²) in [6.45, 7) is 0. The number of thiol groups is 1. The van der Waals surface area contributed by atoms with E-state index in [-0.39, 0.29) is 25.0 Å². The van der Waals surface area contributed by atoms with E-state index in [1.54, 1.807) is 30.3 Å². The lowest BCUT2D eigenvalue weighted by atomic mass is 10.0. The Morgan fingerprint density at radius 2 is 1.33 bits per heavy atom. The number of H-pyrrole nitrogens is 1. The summed E-state index contributed by atoms with van der Waals surface area (Å²) in [4.78, 5) is 57.6. The van der Waals surface area contributed by atoms with E-state index in [4.69, 9.17) is 5.73 Å². The molecule has 0 aliphatic heterocycles. The lowest BCUT2D eigenvalue weighted by Gasteiger charge is -2.24. The number of nitrogens with one attached hydrogen (secondary N) is 4. The fourth-order valence-electron chi connectivity index (χ4n) is 3.85. The molecule has 0 radical (unpaired) electrons. The SMILES string of the molecule is NC(Cc1ccccc1)C(=O)NC(Cc1cnc[nH]1)C(=O)NC(CS)C(=O)NC(Cc1ccccc1)C(=O)O. The molecule has 0 fully saturated rings. The number of rotatable bonds is 14. The van der Waals surface area contributed by atoms with E-state index in [9.17, 15) is 24.3 Å². The Balaban J connectivity index is 1.67. The van der Waals surface area contributed by atoms with Gasteiger partial charge >= 0.3 is 5.97 Å². The fraction of sp³-hybridized carbons (Fsp3) is 0.296. The van der Waals surface area contributed by atoms with E-state index >= 15 is 0 Å². The first kappa shape index (κ1) is 29.4. The highest BCUT2D eigenvalue weighted by molar-refractivity contribution is 7.80. The summed E-state index contributed by atoms with van der Waals surface area (Å²) >= 11 is 4.17. The van der Waals surface area contributed by atoms with E-state index in [1.807, 2.05) is 30.3 Å². The van der Waals surface area contributed by atoms with Crippen LogP contribution in [0.2, 0.25) is 0 Å². The molecule has 7 N–H and O–H groups in total. The Kier molecular flexibility index (Phi) is 11.1. The molecule has 0 saturated carbocycles. The number of hydrogen-bond acceptors (Lipinski definition) is 7. The van der Waals surface area contributed by atoms with Gasteiger partial charge in [-0.05, 0) is 17.5 Å². The van der Waals surface area contributed by atoms with Crippen LogP contribution in [-0.2, 0) is 38.4 Å². The summed E-state index contributed by atoms with van der Waals surface area (Å²) < 4.78 is 0. The van der Waals surface area contributed by atoms with Crippen molar-refractivity contribution in [3.05, 3.63) is 90.0 Å². The van der Waals surface area contributed by atoms with Crippen LogP contribution in [0.15, 0.2) is 73.2 Å². The molecule has 4 unspecified atom stereocenters. The van der Waals surface area contributed by atoms with E-state index in [0.717, 1.165) is 11.1 Å². The van der Waals surface area contributed by atoms with Crippen LogP contribution in [0, 0.1) is 0 Å². The van der Waals surface area contributed by atoms with E-state index in [2.05, 4.69) is 38.5 Å². The van der Waals surface area contributed by atoms with Gasteiger partial charge in [-0.2, -0.15) is 12.6 Å². The maximum atomic E-state index is 13.2. The van der Waals surface area contributed by atoms with Gasteiger partial charge in [0.2, 0.25) is 17.7 Å². The second-order valence-corrected chi connectivity index (χ2v) is 9.34. The van der Waals surface area contributed by atoms with Gasteiger partial charge in [-0.15, -0.1) is 0 Å². The number of amides is 3. The largest absolute Gasteiger partial charge is 0.480 e. The Bertz CT molecular complexity index is 1230. The van der Waals surface area contributed by atoms with Gasteiger partial charge < -0.3 is 31.8 Å². The van der Waals surface area contributed by atoms with Crippen molar-refractivity contribution in [2.75, 3.05) is 5.75 Å². The molecule has 3 rings (SSSR count). The first-order chi connectivity index (χ1) is 18.8. The van der Waals surface area contributed by atoms with Gasteiger partial charge in [0, 0.05) is 30.5 Å². The van der Waals surface area contributed by atoms with E-state index < -0.39 is 47.9 Å². The number of carboxylic acids is 1. The van der Waals surface area contributed by atoms with Crippen LogP contribution in [-0.4, -0.2) is 68.7 Å². The molecule has 39 heavy (non-hydrogen) atoms. The highest BCUT2D eigenvalue weighted by Crippen LogP contribution is 2.06. The number of aromatic nitrogens is 2. The van der Waals surface area contributed by atoms with Gasteiger partial charge in [0.1, 0.15) is 18.1 Å². The molecule has 3 amide bonds. The minimum absolute atomic E-state index is 0.0578. The van der Waals surface area contributed by atoms with Gasteiger partial charge in [-0.25, -0.2) is 9.78 Å². The van der Waals surface area contributed by atoms with Crippen molar-refractivity contribution < 1.29 is 24.3 Å². The molecule has 1 heterocycles. The molecule has 0 saturated heterocycles. The molecule has 0 spiro atoms. The molecule has 12 heteroatoms. The number of nitrogens with two attached hydrogens (primary N) is 1. The molecule has 0 aliphatic rings. The van der Waals surface area contributed by atoms with Gasteiger partial charge in [0.15, 0.2) is 0 Å². The van der Waals surface area contributed by atoms with Crippen molar-refractivity contribution in [3.8, 4) is 0 Å². The normalized spacial score (nSPS) is 13.9. The quantitative estimate of drug-likeness (QED) is 0.140. The molecule has 0 bridgehead atoms. The number of benzene rings is 2. The summed E-state index contributed by atoms with van der Waals surface area (Å²) in [5.41, 5.74) is 8.27. The monoisotopic (exact) mass is 552 g/mol. The van der Waals surface area contributed by atoms with Crippen LogP contribution >= 0.6 is 12.6 Å². The lowest BCUT2D eigenvalue weighted by Crippen LogP contribution is -2.58. The zero-order chi connectivity index (χ0) is 28.2. The topological polar surface area (TPSA) is 179 Å². The number of hydrogen-bond donors (Lipinski definition) is 7. The number of carbonyl (C=O) groups is 4. The first-order valence-electron chi connectivity index (χ1n) is 12.3. The van der Waals surface area contributed by atoms with E-state index in [0.29, 0.717) is 5.69 Å². The molecule has 206 valence electrons. The third-order valence-electron chi connectivity index (χ3n) is 5.96. The summed E-state index contributed by atoms with van der Waals surface area (Å²) in [5.74, 6) is -3.23. The standard InChI is InChI=1S/C27H32N6O5S/c28-20(11-17-7-3-1-4-8-17)24(34)31-21(13-19-14-29-16-30-19)25(35)33-23(15-39)26(36)32-22(27(37)38)12-18-9-5-2-6-10-18/h1-10,14,16,20-23,39H,11-13,15,28H2,(H,29,30)(H,31,34)(H,32,36)(H,33,35)(H,37,38). The van der Waals surface area contributed by atoms with Crippen molar-refractivity contribution in [2.45, 2.75) is 43.4 Å². The zero-order valence-electron chi connectivity index (χ0n) is 21.1. The number of carbonyl (C=O) groups excluding carboxylic acids is 3. The molecule has 3 aromatic rings. The van der Waals surface area contributed by atoms with Crippen molar-refractivity contribution in [1.82, 2.24) is 25.9 Å². The summed E-state index contributed by atoms with van der Waals surface area (Å²) in [5, 5.41) is 17.3. The fourth-order valence-corrected chi connectivity index (χ4v) is 4.11. The average Bonchev–Trinajstić information content (AvgIpc) is 3.45. The highest BCUT2D eigenvalue weighted by atomic mass is 32.1. The molecule has 0 aliphatic carbocycles. The van der Waals surface area contributed by atoms with Gasteiger partial charge in [-0.3, -0.25) is 14.4 Å². The van der Waals surface area contributed by atoms with Crippen molar-refractivity contribution >= 4 is 36.3 Å². The third kappa shape index (κ3) is 9.27.